The molecule has 0 bridgehead atoms. The van der Waals surface area contributed by atoms with Crippen LogP contribution in [0, 0.1) is 0 Å². The van der Waals surface area contributed by atoms with Crippen molar-refractivity contribution in [2.45, 2.75) is 26.3 Å². The molecular weight excluding hydrogens is 368 g/mol. The lowest BCUT2D eigenvalue weighted by atomic mass is 10.1. The molecule has 156 valence electrons. The number of ether oxygens (including phenoxy) is 3. The minimum atomic E-state index is -0.00443. The maximum absolute atomic E-state index is 12.3. The van der Waals surface area contributed by atoms with E-state index in [1.165, 1.54) is 5.56 Å². The number of rotatable bonds is 10. The van der Waals surface area contributed by atoms with Crippen molar-refractivity contribution < 1.29 is 19.0 Å². The Morgan fingerprint density at radius 3 is 2.59 bits per heavy atom. The standard InChI is InChI=1S/C23H30N2O4/c1-2-28-21-9-3-4-10-22(21)29-14-6-11-23(26)24-20-8-5-7-19(17-20)18-25-12-15-27-16-13-25/h3-5,7-10,17H,2,6,11-16,18H2,1H3,(H,24,26). The summed E-state index contributed by atoms with van der Waals surface area (Å²) in [5.74, 6) is 1.44. The number of carbonyl (C=O) groups is 1. The first-order valence-electron chi connectivity index (χ1n) is 10.3. The van der Waals surface area contributed by atoms with Gasteiger partial charge >= 0.3 is 0 Å². The topological polar surface area (TPSA) is 60.0 Å². The predicted molar refractivity (Wildman–Crippen MR) is 114 cm³/mol. The van der Waals surface area contributed by atoms with Crippen molar-refractivity contribution in [3.05, 3.63) is 54.1 Å². The molecule has 0 spiro atoms. The molecule has 0 atom stereocenters. The third-order valence-electron chi connectivity index (χ3n) is 4.68. The van der Waals surface area contributed by atoms with Crippen LogP contribution in [0.3, 0.4) is 0 Å². The number of benzene rings is 2. The number of anilines is 1. The summed E-state index contributed by atoms with van der Waals surface area (Å²) < 4.78 is 16.7. The summed E-state index contributed by atoms with van der Waals surface area (Å²) in [5.41, 5.74) is 2.03. The van der Waals surface area contributed by atoms with E-state index >= 15 is 0 Å². The van der Waals surface area contributed by atoms with Gasteiger partial charge in [-0.15, -0.1) is 0 Å². The van der Waals surface area contributed by atoms with E-state index in [-0.39, 0.29) is 5.91 Å². The molecule has 6 nitrogen and oxygen atoms in total. The molecule has 0 aromatic heterocycles. The van der Waals surface area contributed by atoms with Crippen LogP contribution in [0.5, 0.6) is 11.5 Å². The Kier molecular flexibility index (Phi) is 8.34. The zero-order valence-corrected chi connectivity index (χ0v) is 17.1. The third-order valence-corrected chi connectivity index (χ3v) is 4.68. The zero-order chi connectivity index (χ0) is 20.3. The monoisotopic (exact) mass is 398 g/mol. The first-order valence-corrected chi connectivity index (χ1v) is 10.3. The van der Waals surface area contributed by atoms with E-state index in [1.807, 2.05) is 49.4 Å². The van der Waals surface area contributed by atoms with Gasteiger partial charge in [0.25, 0.3) is 0 Å². The molecule has 29 heavy (non-hydrogen) atoms. The van der Waals surface area contributed by atoms with Crippen LogP contribution in [0.2, 0.25) is 0 Å². The van der Waals surface area contributed by atoms with Crippen LogP contribution in [0.1, 0.15) is 25.3 Å². The van der Waals surface area contributed by atoms with Gasteiger partial charge in [0.05, 0.1) is 26.4 Å². The minimum Gasteiger partial charge on any atom is -0.490 e. The van der Waals surface area contributed by atoms with Gasteiger partial charge < -0.3 is 19.5 Å². The third kappa shape index (κ3) is 7.07. The van der Waals surface area contributed by atoms with Gasteiger partial charge in [0.1, 0.15) is 0 Å². The van der Waals surface area contributed by atoms with Crippen molar-refractivity contribution in [1.29, 1.82) is 0 Å². The molecule has 1 aliphatic rings. The smallest absolute Gasteiger partial charge is 0.224 e. The van der Waals surface area contributed by atoms with Crippen LogP contribution in [-0.2, 0) is 16.1 Å². The Morgan fingerprint density at radius 1 is 1.07 bits per heavy atom. The summed E-state index contributed by atoms with van der Waals surface area (Å²) in [6.45, 7) is 7.34. The molecule has 0 unspecified atom stereocenters. The number of morpholine rings is 1. The molecule has 0 saturated carbocycles. The fourth-order valence-corrected chi connectivity index (χ4v) is 3.25. The number of nitrogens with zero attached hydrogens (tertiary/aromatic N) is 1. The van der Waals surface area contributed by atoms with Gasteiger partial charge in [0.2, 0.25) is 5.91 Å². The highest BCUT2D eigenvalue weighted by atomic mass is 16.5. The predicted octanol–water partition coefficient (Wildman–Crippen LogP) is 3.72. The molecule has 3 rings (SSSR count). The highest BCUT2D eigenvalue weighted by molar-refractivity contribution is 5.90. The maximum Gasteiger partial charge on any atom is 0.224 e. The van der Waals surface area contributed by atoms with E-state index in [1.54, 1.807) is 0 Å². The molecule has 1 aliphatic heterocycles. The molecular formula is C23H30N2O4. The molecule has 2 aromatic carbocycles. The van der Waals surface area contributed by atoms with E-state index in [0.29, 0.717) is 31.8 Å². The molecule has 1 N–H and O–H groups in total. The van der Waals surface area contributed by atoms with Crippen molar-refractivity contribution >= 4 is 11.6 Å². The normalized spacial score (nSPS) is 14.4. The quantitative estimate of drug-likeness (QED) is 0.618. The summed E-state index contributed by atoms with van der Waals surface area (Å²) in [5, 5.41) is 2.99. The SMILES string of the molecule is CCOc1ccccc1OCCCC(=O)Nc1cccc(CN2CCOCC2)c1. The number of hydrogen-bond acceptors (Lipinski definition) is 5. The Labute approximate surface area is 172 Å². The summed E-state index contributed by atoms with van der Waals surface area (Å²) in [4.78, 5) is 14.6. The first-order chi connectivity index (χ1) is 14.2. The number of amides is 1. The lowest BCUT2D eigenvalue weighted by Gasteiger charge is -2.26. The lowest BCUT2D eigenvalue weighted by molar-refractivity contribution is -0.116. The van der Waals surface area contributed by atoms with Gasteiger partial charge in [-0.1, -0.05) is 24.3 Å². The van der Waals surface area contributed by atoms with E-state index in [9.17, 15) is 4.79 Å². The van der Waals surface area contributed by atoms with Gasteiger partial charge in [-0.3, -0.25) is 9.69 Å². The fourth-order valence-electron chi connectivity index (χ4n) is 3.25. The average molecular weight is 399 g/mol. The maximum atomic E-state index is 12.3. The minimum absolute atomic E-state index is 0.00443. The molecule has 1 amide bonds. The second kappa shape index (κ2) is 11.4. The number of nitrogens with one attached hydrogen (secondary N) is 1. The van der Waals surface area contributed by atoms with Crippen molar-refractivity contribution in [3.8, 4) is 11.5 Å². The van der Waals surface area contributed by atoms with Gasteiger partial charge in [0, 0.05) is 31.7 Å². The highest BCUT2D eigenvalue weighted by Crippen LogP contribution is 2.26. The summed E-state index contributed by atoms with van der Waals surface area (Å²) >= 11 is 0. The van der Waals surface area contributed by atoms with Gasteiger partial charge in [0.15, 0.2) is 11.5 Å². The summed E-state index contributed by atoms with van der Waals surface area (Å²) in [6.07, 6.45) is 1.05. The van der Waals surface area contributed by atoms with Crippen LogP contribution in [0.4, 0.5) is 5.69 Å². The Bertz CT molecular complexity index is 775. The van der Waals surface area contributed by atoms with E-state index in [0.717, 1.165) is 44.3 Å². The second-order valence-electron chi connectivity index (χ2n) is 6.97. The van der Waals surface area contributed by atoms with Crippen molar-refractivity contribution in [1.82, 2.24) is 4.90 Å². The van der Waals surface area contributed by atoms with Crippen LogP contribution < -0.4 is 14.8 Å². The Balaban J connectivity index is 1.41. The summed E-state index contributed by atoms with van der Waals surface area (Å²) in [7, 11) is 0. The van der Waals surface area contributed by atoms with Crippen molar-refractivity contribution in [3.63, 3.8) is 0 Å². The van der Waals surface area contributed by atoms with Crippen LogP contribution in [0.25, 0.3) is 0 Å². The van der Waals surface area contributed by atoms with Crippen molar-refractivity contribution in [2.24, 2.45) is 0 Å². The Morgan fingerprint density at radius 2 is 1.83 bits per heavy atom. The van der Waals surface area contributed by atoms with E-state index in [2.05, 4.69) is 16.3 Å². The molecule has 1 fully saturated rings. The second-order valence-corrected chi connectivity index (χ2v) is 6.97. The zero-order valence-electron chi connectivity index (χ0n) is 17.1. The van der Waals surface area contributed by atoms with Gasteiger partial charge in [-0.05, 0) is 43.2 Å². The summed E-state index contributed by atoms with van der Waals surface area (Å²) in [6, 6.07) is 15.6. The lowest BCUT2D eigenvalue weighted by Crippen LogP contribution is -2.35. The van der Waals surface area contributed by atoms with Crippen molar-refractivity contribution in [2.75, 3.05) is 44.8 Å². The van der Waals surface area contributed by atoms with E-state index < -0.39 is 0 Å². The number of carbonyl (C=O) groups excluding carboxylic acids is 1. The molecule has 0 aliphatic carbocycles. The number of para-hydroxylation sites is 2. The molecule has 1 saturated heterocycles. The first kappa shape index (κ1) is 21.1. The van der Waals surface area contributed by atoms with Crippen LogP contribution in [-0.4, -0.2) is 50.3 Å². The largest absolute Gasteiger partial charge is 0.490 e. The van der Waals surface area contributed by atoms with Gasteiger partial charge in [-0.25, -0.2) is 0 Å². The fraction of sp³-hybridized carbons (Fsp3) is 0.435. The molecule has 2 aromatic rings. The van der Waals surface area contributed by atoms with Gasteiger partial charge in [-0.2, -0.15) is 0 Å². The average Bonchev–Trinajstić information content (AvgIpc) is 2.73. The molecule has 6 heteroatoms. The Hall–Kier alpha value is -2.57. The number of hydrogen-bond donors (Lipinski definition) is 1. The molecule has 1 heterocycles. The van der Waals surface area contributed by atoms with E-state index in [4.69, 9.17) is 14.2 Å². The van der Waals surface area contributed by atoms with Crippen LogP contribution >= 0.6 is 0 Å². The molecule has 0 radical (unpaired) electrons. The van der Waals surface area contributed by atoms with Crippen LogP contribution in [0.15, 0.2) is 48.5 Å². The highest BCUT2D eigenvalue weighted by Gasteiger charge is 2.11.